The van der Waals surface area contributed by atoms with Gasteiger partial charge in [-0.1, -0.05) is 83.9 Å². The summed E-state index contributed by atoms with van der Waals surface area (Å²) in [6, 6.07) is 22.2. The SMILES string of the molecule is C[C@]1(CCc2ccccc2)N=C(N)N(Cc2ccc(CNC(=O)Nc3cccc(Cl)c3Cl)cc2)C1=O. The smallest absolute Gasteiger partial charge is 0.319 e. The molecule has 4 rings (SSSR count). The van der Waals surface area contributed by atoms with Crippen LogP contribution < -0.4 is 16.4 Å². The normalized spacial score (nSPS) is 17.1. The lowest BCUT2D eigenvalue weighted by Crippen LogP contribution is -2.42. The number of halogens is 2. The molecule has 36 heavy (non-hydrogen) atoms. The molecule has 186 valence electrons. The molecular formula is C27H27Cl2N5O2. The molecule has 1 aliphatic rings. The number of guanidine groups is 1. The molecule has 0 aliphatic carbocycles. The van der Waals surface area contributed by atoms with Gasteiger partial charge in [-0.2, -0.15) is 0 Å². The van der Waals surface area contributed by atoms with Crippen molar-refractivity contribution in [2.45, 2.75) is 38.4 Å². The summed E-state index contributed by atoms with van der Waals surface area (Å²) in [5.74, 6) is 0.135. The zero-order valence-corrected chi connectivity index (χ0v) is 21.3. The molecule has 7 nitrogen and oxygen atoms in total. The van der Waals surface area contributed by atoms with Gasteiger partial charge in [0.15, 0.2) is 5.96 Å². The van der Waals surface area contributed by atoms with Gasteiger partial charge in [0.05, 0.1) is 22.3 Å². The van der Waals surface area contributed by atoms with Gasteiger partial charge in [0.2, 0.25) is 0 Å². The largest absolute Gasteiger partial charge is 0.369 e. The van der Waals surface area contributed by atoms with Crippen molar-refractivity contribution in [3.8, 4) is 0 Å². The maximum absolute atomic E-state index is 13.2. The Bertz CT molecular complexity index is 1280. The van der Waals surface area contributed by atoms with E-state index in [2.05, 4.69) is 15.6 Å². The van der Waals surface area contributed by atoms with E-state index < -0.39 is 11.6 Å². The van der Waals surface area contributed by atoms with Gasteiger partial charge in [0.1, 0.15) is 5.54 Å². The van der Waals surface area contributed by atoms with E-state index in [1.165, 1.54) is 4.90 Å². The number of nitrogens with two attached hydrogens (primary N) is 1. The Morgan fingerprint density at radius 2 is 1.67 bits per heavy atom. The van der Waals surface area contributed by atoms with Crippen molar-refractivity contribution in [1.82, 2.24) is 10.2 Å². The van der Waals surface area contributed by atoms with Crippen LogP contribution in [0.5, 0.6) is 0 Å². The molecule has 0 unspecified atom stereocenters. The minimum absolute atomic E-state index is 0.0991. The van der Waals surface area contributed by atoms with Gasteiger partial charge in [-0.25, -0.2) is 9.79 Å². The van der Waals surface area contributed by atoms with Crippen LogP contribution in [-0.4, -0.2) is 28.3 Å². The molecule has 0 fully saturated rings. The van der Waals surface area contributed by atoms with Crippen LogP contribution >= 0.6 is 23.2 Å². The molecule has 1 atom stereocenters. The van der Waals surface area contributed by atoms with Crippen molar-refractivity contribution >= 4 is 46.8 Å². The highest BCUT2D eigenvalue weighted by atomic mass is 35.5. The van der Waals surface area contributed by atoms with E-state index >= 15 is 0 Å². The van der Waals surface area contributed by atoms with Crippen LogP contribution in [0.25, 0.3) is 0 Å². The van der Waals surface area contributed by atoms with Crippen LogP contribution in [0.1, 0.15) is 30.0 Å². The van der Waals surface area contributed by atoms with Crippen LogP contribution in [0, 0.1) is 0 Å². The standard InChI is InChI=1S/C27H27Cl2N5O2/c1-27(15-14-18-6-3-2-4-7-18)24(35)34(25(30)33-27)17-20-12-10-19(11-13-20)16-31-26(36)32-22-9-5-8-21(28)23(22)29/h2-13H,14-17H2,1H3,(H2,30,33)(H2,31,32,36)/t27-/m1/s1. The Balaban J connectivity index is 1.30. The highest BCUT2D eigenvalue weighted by Crippen LogP contribution is 2.30. The molecule has 1 aliphatic heterocycles. The molecule has 1 heterocycles. The average Bonchev–Trinajstić information content (AvgIpc) is 3.09. The number of hydrogen-bond donors (Lipinski definition) is 3. The fourth-order valence-electron chi connectivity index (χ4n) is 4.00. The molecule has 9 heteroatoms. The fraction of sp³-hybridized carbons (Fsp3) is 0.222. The molecule has 0 saturated heterocycles. The zero-order chi connectivity index (χ0) is 25.7. The molecule has 3 aromatic rings. The van der Waals surface area contributed by atoms with Gasteiger partial charge in [-0.3, -0.25) is 9.69 Å². The number of nitrogens with one attached hydrogen (secondary N) is 2. The zero-order valence-electron chi connectivity index (χ0n) is 19.8. The van der Waals surface area contributed by atoms with Gasteiger partial charge >= 0.3 is 6.03 Å². The Kier molecular flexibility index (Phi) is 7.82. The molecular weight excluding hydrogens is 497 g/mol. The van der Waals surface area contributed by atoms with Gasteiger partial charge in [0.25, 0.3) is 5.91 Å². The predicted molar refractivity (Wildman–Crippen MR) is 144 cm³/mol. The molecule has 0 bridgehead atoms. The summed E-state index contributed by atoms with van der Waals surface area (Å²) in [5, 5.41) is 6.12. The third-order valence-electron chi connectivity index (χ3n) is 6.10. The number of benzene rings is 3. The van der Waals surface area contributed by atoms with E-state index in [1.54, 1.807) is 18.2 Å². The van der Waals surface area contributed by atoms with Crippen LogP contribution in [0.3, 0.4) is 0 Å². The van der Waals surface area contributed by atoms with E-state index in [1.807, 2.05) is 61.5 Å². The number of amides is 3. The van der Waals surface area contributed by atoms with Crippen molar-refractivity contribution in [2.24, 2.45) is 10.7 Å². The summed E-state index contributed by atoms with van der Waals surface area (Å²) < 4.78 is 0. The fourth-order valence-corrected chi connectivity index (χ4v) is 4.35. The molecule has 0 aromatic heterocycles. The van der Waals surface area contributed by atoms with E-state index in [-0.39, 0.29) is 16.9 Å². The van der Waals surface area contributed by atoms with Crippen molar-refractivity contribution in [3.63, 3.8) is 0 Å². The lowest BCUT2D eigenvalue weighted by molar-refractivity contribution is -0.131. The topological polar surface area (TPSA) is 99.8 Å². The molecule has 4 N–H and O–H groups in total. The van der Waals surface area contributed by atoms with Crippen LogP contribution in [0.4, 0.5) is 10.5 Å². The summed E-state index contributed by atoms with van der Waals surface area (Å²) >= 11 is 12.1. The second kappa shape index (κ2) is 11.0. The first-order chi connectivity index (χ1) is 17.2. The van der Waals surface area contributed by atoms with Gasteiger partial charge in [0, 0.05) is 6.54 Å². The third-order valence-corrected chi connectivity index (χ3v) is 6.92. The number of rotatable bonds is 8. The Morgan fingerprint density at radius 1 is 0.972 bits per heavy atom. The van der Waals surface area contributed by atoms with Gasteiger partial charge in [-0.15, -0.1) is 0 Å². The average molecular weight is 524 g/mol. The number of carbonyl (C=O) groups excluding carboxylic acids is 2. The van der Waals surface area contributed by atoms with Gasteiger partial charge in [-0.05, 0) is 48.6 Å². The van der Waals surface area contributed by atoms with Crippen molar-refractivity contribution in [2.75, 3.05) is 5.32 Å². The lowest BCUT2D eigenvalue weighted by atomic mass is 9.93. The van der Waals surface area contributed by atoms with Gasteiger partial charge < -0.3 is 16.4 Å². The second-order valence-corrected chi connectivity index (χ2v) is 9.63. The Morgan fingerprint density at radius 3 is 2.39 bits per heavy atom. The quantitative estimate of drug-likeness (QED) is 0.370. The van der Waals surface area contributed by atoms with Crippen LogP contribution in [0.2, 0.25) is 10.0 Å². The summed E-state index contributed by atoms with van der Waals surface area (Å²) in [5.41, 5.74) is 8.67. The molecule has 0 spiro atoms. The first-order valence-electron chi connectivity index (χ1n) is 11.5. The molecule has 3 aromatic carbocycles. The summed E-state index contributed by atoms with van der Waals surface area (Å²) in [4.78, 5) is 31.4. The predicted octanol–water partition coefficient (Wildman–Crippen LogP) is 5.36. The number of urea groups is 1. The molecule has 3 amide bonds. The highest BCUT2D eigenvalue weighted by molar-refractivity contribution is 6.43. The summed E-state index contributed by atoms with van der Waals surface area (Å²) in [7, 11) is 0. The number of nitrogens with zero attached hydrogens (tertiary/aromatic N) is 2. The Hall–Kier alpha value is -3.55. The maximum atomic E-state index is 13.2. The first-order valence-corrected chi connectivity index (χ1v) is 12.3. The van der Waals surface area contributed by atoms with E-state index in [0.717, 1.165) is 23.1 Å². The minimum atomic E-state index is -0.872. The number of anilines is 1. The lowest BCUT2D eigenvalue weighted by Gasteiger charge is -2.22. The van der Waals surface area contributed by atoms with E-state index in [9.17, 15) is 9.59 Å². The number of aryl methyl sites for hydroxylation is 1. The first kappa shape index (κ1) is 25.5. The second-order valence-electron chi connectivity index (χ2n) is 8.85. The van der Waals surface area contributed by atoms with Crippen molar-refractivity contribution in [3.05, 3.63) is 99.5 Å². The van der Waals surface area contributed by atoms with E-state index in [4.69, 9.17) is 28.9 Å². The van der Waals surface area contributed by atoms with Crippen LogP contribution in [-0.2, 0) is 24.3 Å². The van der Waals surface area contributed by atoms with Crippen molar-refractivity contribution < 1.29 is 9.59 Å². The number of carbonyl (C=O) groups is 2. The third kappa shape index (κ3) is 5.98. The summed E-state index contributed by atoms with van der Waals surface area (Å²) in [6.07, 6.45) is 1.33. The van der Waals surface area contributed by atoms with E-state index in [0.29, 0.717) is 30.2 Å². The summed E-state index contributed by atoms with van der Waals surface area (Å²) in [6.45, 7) is 2.48. The molecule has 0 radical (unpaired) electrons. The Labute approximate surface area is 220 Å². The minimum Gasteiger partial charge on any atom is -0.369 e. The monoisotopic (exact) mass is 523 g/mol. The van der Waals surface area contributed by atoms with Crippen molar-refractivity contribution in [1.29, 1.82) is 0 Å². The molecule has 0 saturated carbocycles. The number of aliphatic imine (C=N–C) groups is 1. The van der Waals surface area contributed by atoms with Crippen LogP contribution in [0.15, 0.2) is 77.8 Å². The number of hydrogen-bond acceptors (Lipinski definition) is 4. The highest BCUT2D eigenvalue weighted by Gasteiger charge is 2.43. The maximum Gasteiger partial charge on any atom is 0.319 e.